The van der Waals surface area contributed by atoms with Gasteiger partial charge in [-0.2, -0.15) is 0 Å². The van der Waals surface area contributed by atoms with Crippen LogP contribution in [0, 0.1) is 12.3 Å². The molecule has 2 aliphatic rings. The number of nitrogens with zero attached hydrogens (tertiary/aromatic N) is 2. The highest BCUT2D eigenvalue weighted by Crippen LogP contribution is 2.29. The van der Waals surface area contributed by atoms with Crippen LogP contribution in [-0.4, -0.2) is 19.9 Å². The number of aromatic amines is 2. The summed E-state index contributed by atoms with van der Waals surface area (Å²) in [5.41, 5.74) is 10.6. The van der Waals surface area contributed by atoms with E-state index in [9.17, 15) is 0 Å². The van der Waals surface area contributed by atoms with Crippen molar-refractivity contribution in [1.82, 2.24) is 19.9 Å². The second kappa shape index (κ2) is 7.26. The van der Waals surface area contributed by atoms with E-state index in [4.69, 9.17) is 16.4 Å². The Morgan fingerprint density at radius 1 is 0.625 bits per heavy atom. The van der Waals surface area contributed by atoms with Crippen molar-refractivity contribution < 1.29 is 0 Å². The largest absolute Gasteiger partial charge is 0.355 e. The number of H-pyrrole nitrogens is 2. The number of nitrogens with one attached hydrogen (secondary N) is 2. The molecule has 0 unspecified atom stereocenters. The molecule has 0 amide bonds. The average molecular weight is 410 g/mol. The highest BCUT2D eigenvalue weighted by molar-refractivity contribution is 5.93. The molecule has 0 atom stereocenters. The van der Waals surface area contributed by atoms with Gasteiger partial charge in [0.15, 0.2) is 0 Å². The van der Waals surface area contributed by atoms with Crippen LogP contribution in [0.1, 0.15) is 33.9 Å². The van der Waals surface area contributed by atoms with E-state index in [0.717, 1.165) is 61.5 Å². The number of benzene rings is 1. The molecule has 3 aromatic heterocycles. The van der Waals surface area contributed by atoms with Crippen LogP contribution < -0.4 is 0 Å². The predicted molar refractivity (Wildman–Crippen MR) is 131 cm³/mol. The molecule has 0 spiro atoms. The van der Waals surface area contributed by atoms with Gasteiger partial charge in [-0.05, 0) is 84.5 Å². The molecule has 32 heavy (non-hydrogen) atoms. The summed E-state index contributed by atoms with van der Waals surface area (Å²) >= 11 is 0. The zero-order valence-corrected chi connectivity index (χ0v) is 17.1. The van der Waals surface area contributed by atoms with E-state index in [0.29, 0.717) is 0 Å². The van der Waals surface area contributed by atoms with E-state index in [-0.39, 0.29) is 0 Å². The van der Waals surface area contributed by atoms with Crippen molar-refractivity contribution in [2.45, 2.75) is 0 Å². The molecule has 0 saturated heterocycles. The van der Waals surface area contributed by atoms with Crippen molar-refractivity contribution in [2.75, 3.05) is 0 Å². The van der Waals surface area contributed by atoms with Crippen molar-refractivity contribution in [3.05, 3.63) is 107 Å². The van der Waals surface area contributed by atoms with Gasteiger partial charge in [-0.25, -0.2) is 9.97 Å². The maximum absolute atomic E-state index is 5.53. The number of aromatic nitrogens is 4. The van der Waals surface area contributed by atoms with E-state index in [1.165, 1.54) is 0 Å². The van der Waals surface area contributed by atoms with Crippen LogP contribution >= 0.6 is 0 Å². The van der Waals surface area contributed by atoms with E-state index in [1.54, 1.807) is 0 Å². The molecule has 150 valence electrons. The first-order valence-electron chi connectivity index (χ1n) is 10.4. The first kappa shape index (κ1) is 18.2. The molecular weight excluding hydrogens is 392 g/mol. The predicted octanol–water partition coefficient (Wildman–Crippen LogP) is 6.06. The third kappa shape index (κ3) is 3.42. The number of terminal acetylenes is 1. The summed E-state index contributed by atoms with van der Waals surface area (Å²) in [6.07, 6.45) is 11.7. The summed E-state index contributed by atoms with van der Waals surface area (Å²) in [5.74, 6) is 2.67. The average Bonchev–Trinajstić information content (AvgIpc) is 3.59. The zero-order valence-electron chi connectivity index (χ0n) is 17.1. The molecule has 8 bridgehead atoms. The van der Waals surface area contributed by atoms with Gasteiger partial charge in [0.2, 0.25) is 0 Å². The van der Waals surface area contributed by atoms with Gasteiger partial charge in [0.05, 0.1) is 22.8 Å². The summed E-state index contributed by atoms with van der Waals surface area (Å²) < 4.78 is 0. The summed E-state index contributed by atoms with van der Waals surface area (Å²) in [6.45, 7) is 0. The Morgan fingerprint density at radius 3 is 1.88 bits per heavy atom. The molecule has 4 aromatic rings. The highest BCUT2D eigenvalue weighted by Gasteiger charge is 2.13. The van der Waals surface area contributed by atoms with Gasteiger partial charge >= 0.3 is 0 Å². The molecule has 0 radical (unpaired) electrons. The number of hydrogen-bond acceptors (Lipinski definition) is 2. The van der Waals surface area contributed by atoms with E-state index in [2.05, 4.69) is 58.4 Å². The Kier molecular flexibility index (Phi) is 4.12. The maximum Gasteiger partial charge on any atom is 0.0737 e. The van der Waals surface area contributed by atoms with Crippen LogP contribution in [0.4, 0.5) is 0 Å². The standard InChI is InChI=1S/C28H18N4/c1-2-18-3-5-19(6-4-18)27-16-26-15-24-10-9-22(30-24)13-20-7-8-21(29-20)14-23-11-12-25(31-23)17-28(27)32-26/h1,3-17,29-30H. The van der Waals surface area contributed by atoms with Crippen LogP contribution in [-0.2, 0) is 0 Å². The minimum absolute atomic E-state index is 0.858. The fraction of sp³-hybridized carbons (Fsp3) is 0. The lowest BCUT2D eigenvalue weighted by molar-refractivity contribution is 1.27. The van der Waals surface area contributed by atoms with Crippen LogP contribution in [0.5, 0.6) is 0 Å². The van der Waals surface area contributed by atoms with Gasteiger partial charge in [-0.15, -0.1) is 6.42 Å². The lowest BCUT2D eigenvalue weighted by Crippen LogP contribution is -1.87. The molecule has 0 saturated carbocycles. The molecular formula is C28H18N4. The first-order valence-corrected chi connectivity index (χ1v) is 10.4. The van der Waals surface area contributed by atoms with E-state index < -0.39 is 0 Å². The zero-order chi connectivity index (χ0) is 21.5. The van der Waals surface area contributed by atoms with Crippen molar-refractivity contribution in [3.8, 4) is 12.3 Å². The van der Waals surface area contributed by atoms with Gasteiger partial charge in [0, 0.05) is 33.2 Å². The fourth-order valence-electron chi connectivity index (χ4n) is 3.99. The molecule has 0 aliphatic carbocycles. The van der Waals surface area contributed by atoms with Gasteiger partial charge in [0.25, 0.3) is 0 Å². The summed E-state index contributed by atoms with van der Waals surface area (Å²) in [7, 11) is 0. The van der Waals surface area contributed by atoms with Crippen LogP contribution in [0.2, 0.25) is 0 Å². The Bertz CT molecular complexity index is 1620. The lowest BCUT2D eigenvalue weighted by Gasteiger charge is -2.02. The van der Waals surface area contributed by atoms with Gasteiger partial charge in [-0.1, -0.05) is 18.1 Å². The molecule has 6 rings (SSSR count). The Balaban J connectivity index is 1.61. The van der Waals surface area contributed by atoms with Crippen LogP contribution in [0.25, 0.3) is 45.9 Å². The Labute approximate surface area is 185 Å². The van der Waals surface area contributed by atoms with Crippen molar-refractivity contribution >= 4 is 45.9 Å². The molecule has 2 aliphatic heterocycles. The molecule has 4 heteroatoms. The van der Waals surface area contributed by atoms with E-state index >= 15 is 0 Å². The summed E-state index contributed by atoms with van der Waals surface area (Å²) in [6, 6.07) is 24.4. The maximum atomic E-state index is 5.53. The van der Waals surface area contributed by atoms with Gasteiger partial charge in [-0.3, -0.25) is 0 Å². The Hall–Kier alpha value is -4.62. The summed E-state index contributed by atoms with van der Waals surface area (Å²) in [4.78, 5) is 16.5. The minimum Gasteiger partial charge on any atom is -0.355 e. The minimum atomic E-state index is 0.858. The van der Waals surface area contributed by atoms with Gasteiger partial charge < -0.3 is 9.97 Å². The quantitative estimate of drug-likeness (QED) is 0.324. The summed E-state index contributed by atoms with van der Waals surface area (Å²) in [5, 5.41) is 0. The number of rotatable bonds is 1. The molecule has 1 aromatic carbocycles. The van der Waals surface area contributed by atoms with Crippen molar-refractivity contribution in [1.29, 1.82) is 0 Å². The van der Waals surface area contributed by atoms with Crippen LogP contribution in [0.15, 0.2) is 72.8 Å². The van der Waals surface area contributed by atoms with Crippen LogP contribution in [0.3, 0.4) is 0 Å². The second-order valence-corrected chi connectivity index (χ2v) is 7.81. The highest BCUT2D eigenvalue weighted by atomic mass is 14.8. The SMILES string of the molecule is C#Cc1ccc(C2=Cc3cc4ccc(cc5ccc(cc6nc(cc2n3)C=C6)[nH]5)[nH]4)cc1. The van der Waals surface area contributed by atoms with Gasteiger partial charge in [0.1, 0.15) is 0 Å². The molecule has 4 nitrogen and oxygen atoms in total. The van der Waals surface area contributed by atoms with Crippen molar-refractivity contribution in [3.63, 3.8) is 0 Å². The second-order valence-electron chi connectivity index (χ2n) is 7.81. The fourth-order valence-corrected chi connectivity index (χ4v) is 3.99. The first-order chi connectivity index (χ1) is 15.7. The lowest BCUT2D eigenvalue weighted by atomic mass is 10.0. The molecule has 5 heterocycles. The molecule has 2 N–H and O–H groups in total. The third-order valence-corrected chi connectivity index (χ3v) is 5.53. The molecule has 0 fully saturated rings. The smallest absolute Gasteiger partial charge is 0.0737 e. The monoisotopic (exact) mass is 410 g/mol. The number of hydrogen-bond donors (Lipinski definition) is 2. The number of fused-ring (bicyclic) bond motifs is 8. The topological polar surface area (TPSA) is 57.4 Å². The Morgan fingerprint density at radius 2 is 1.22 bits per heavy atom. The normalized spacial score (nSPS) is 12.4. The third-order valence-electron chi connectivity index (χ3n) is 5.53. The van der Waals surface area contributed by atoms with E-state index in [1.807, 2.05) is 48.6 Å². The van der Waals surface area contributed by atoms with Crippen molar-refractivity contribution in [2.24, 2.45) is 0 Å².